The zero-order chi connectivity index (χ0) is 20.8. The number of benzene rings is 1. The van der Waals surface area contributed by atoms with Crippen molar-refractivity contribution in [3.05, 3.63) is 53.6 Å². The Kier molecular flexibility index (Phi) is 7.07. The fraction of sp³-hybridized carbons (Fsp3) is 0.389. The first-order valence-corrected chi connectivity index (χ1v) is 7.78. The summed E-state index contributed by atoms with van der Waals surface area (Å²) in [5.74, 6) is -3.79. The average Bonchev–Trinajstić information content (AvgIpc) is 2.55. The number of halogens is 3. The van der Waals surface area contributed by atoms with E-state index in [1.54, 1.807) is 39.0 Å². The summed E-state index contributed by atoms with van der Waals surface area (Å²) >= 11 is 0. The Bertz CT molecular complexity index is 761. The van der Waals surface area contributed by atoms with Crippen molar-refractivity contribution < 1.29 is 37.0 Å². The van der Waals surface area contributed by atoms with E-state index in [9.17, 15) is 28.3 Å². The van der Waals surface area contributed by atoms with Crippen molar-refractivity contribution in [1.29, 1.82) is 0 Å². The van der Waals surface area contributed by atoms with E-state index in [1.807, 2.05) is 0 Å². The Morgan fingerprint density at radius 2 is 1.70 bits per heavy atom. The van der Waals surface area contributed by atoms with Crippen LogP contribution in [-0.2, 0) is 19.1 Å². The number of ether oxygens (including phenoxy) is 2. The van der Waals surface area contributed by atoms with Gasteiger partial charge < -0.3 is 15.0 Å². The van der Waals surface area contributed by atoms with Crippen molar-refractivity contribution in [3.8, 4) is 0 Å². The zero-order valence-electron chi connectivity index (χ0n) is 15.0. The second-order valence-corrected chi connectivity index (χ2v) is 6.55. The van der Waals surface area contributed by atoms with Crippen LogP contribution < -0.4 is 0 Å². The molecule has 0 aliphatic rings. The normalized spacial score (nSPS) is 12.5. The quantitative estimate of drug-likeness (QED) is 0.247. The molecule has 0 amide bonds. The van der Waals surface area contributed by atoms with Gasteiger partial charge in [0.1, 0.15) is 11.5 Å². The predicted molar refractivity (Wildman–Crippen MR) is 89.8 cm³/mol. The standard InChI is InChI=1S/C18H19F3N2O4/c1-11(15(24)27-17(2,3)4)13(12-8-6-5-7-9-12)14(23-22)16(25)26-10-18(19,20)21/h5-9,13H,1,10H2,2-4H3/t13-/m1/s1. The van der Waals surface area contributed by atoms with Crippen molar-refractivity contribution >= 4 is 17.7 Å². The largest absolute Gasteiger partial charge is 0.457 e. The zero-order valence-corrected chi connectivity index (χ0v) is 15.0. The molecule has 0 N–H and O–H groups in total. The SMILES string of the molecule is C=C(C(=O)OC(C)(C)C)[C@@H](C(=[N+]=[N-])C(=O)OCC(F)(F)F)c1ccccc1. The number of carbonyl (C=O) groups is 2. The minimum Gasteiger partial charge on any atom is -0.457 e. The maximum absolute atomic E-state index is 12.3. The van der Waals surface area contributed by atoms with Crippen LogP contribution in [0.5, 0.6) is 0 Å². The number of hydrogen-bond acceptors (Lipinski definition) is 4. The minimum atomic E-state index is -4.76. The summed E-state index contributed by atoms with van der Waals surface area (Å²) < 4.78 is 46.3. The van der Waals surface area contributed by atoms with E-state index in [-0.39, 0.29) is 11.1 Å². The van der Waals surface area contributed by atoms with Crippen LogP contribution in [0.3, 0.4) is 0 Å². The molecule has 27 heavy (non-hydrogen) atoms. The van der Waals surface area contributed by atoms with E-state index in [4.69, 9.17) is 4.74 Å². The first-order chi connectivity index (χ1) is 12.4. The van der Waals surface area contributed by atoms with Gasteiger partial charge in [0, 0.05) is 5.57 Å². The summed E-state index contributed by atoms with van der Waals surface area (Å²) in [6.07, 6.45) is -4.76. The highest BCUT2D eigenvalue weighted by atomic mass is 19.4. The lowest BCUT2D eigenvalue weighted by atomic mass is 9.87. The van der Waals surface area contributed by atoms with Gasteiger partial charge in [0.15, 0.2) is 6.61 Å². The summed E-state index contributed by atoms with van der Waals surface area (Å²) in [7, 11) is 0. The molecule has 1 rings (SSSR count). The van der Waals surface area contributed by atoms with Crippen LogP contribution in [-0.4, -0.2) is 40.8 Å². The Hall–Kier alpha value is -2.93. The first kappa shape index (κ1) is 22.1. The topological polar surface area (TPSA) is 89.0 Å². The highest BCUT2D eigenvalue weighted by molar-refractivity contribution is 6.37. The van der Waals surface area contributed by atoms with E-state index in [0.717, 1.165) is 0 Å². The molecule has 146 valence electrons. The van der Waals surface area contributed by atoms with E-state index in [2.05, 4.69) is 16.1 Å². The predicted octanol–water partition coefficient (Wildman–Crippen LogP) is 3.44. The van der Waals surface area contributed by atoms with Gasteiger partial charge in [-0.25, -0.2) is 9.59 Å². The molecular formula is C18H19F3N2O4. The van der Waals surface area contributed by atoms with Crippen molar-refractivity contribution in [3.63, 3.8) is 0 Å². The molecule has 1 aromatic carbocycles. The first-order valence-electron chi connectivity index (χ1n) is 7.78. The molecule has 0 fully saturated rings. The molecule has 0 saturated carbocycles. The van der Waals surface area contributed by atoms with Crippen LogP contribution >= 0.6 is 0 Å². The molecular weight excluding hydrogens is 365 g/mol. The minimum absolute atomic E-state index is 0.283. The van der Waals surface area contributed by atoms with Gasteiger partial charge in [-0.15, -0.1) is 0 Å². The number of carbonyl (C=O) groups excluding carboxylic acids is 2. The van der Waals surface area contributed by atoms with E-state index >= 15 is 0 Å². The Labute approximate surface area is 154 Å². The van der Waals surface area contributed by atoms with Crippen LogP contribution in [0, 0.1) is 0 Å². The monoisotopic (exact) mass is 384 g/mol. The van der Waals surface area contributed by atoms with E-state index < -0.39 is 42.0 Å². The third-order valence-electron chi connectivity index (χ3n) is 3.10. The number of rotatable bonds is 6. The van der Waals surface area contributed by atoms with Crippen molar-refractivity contribution in [2.45, 2.75) is 38.5 Å². The molecule has 0 saturated heterocycles. The molecule has 0 bridgehead atoms. The van der Waals surface area contributed by atoms with Crippen LogP contribution in [0.2, 0.25) is 0 Å². The molecule has 6 nitrogen and oxygen atoms in total. The van der Waals surface area contributed by atoms with Gasteiger partial charge in [-0.1, -0.05) is 36.9 Å². The fourth-order valence-corrected chi connectivity index (χ4v) is 2.07. The van der Waals surface area contributed by atoms with Gasteiger partial charge in [0.25, 0.3) is 0 Å². The molecule has 1 aromatic rings. The molecule has 0 heterocycles. The summed E-state index contributed by atoms with van der Waals surface area (Å²) in [5.41, 5.74) is 7.52. The van der Waals surface area contributed by atoms with E-state index in [0.29, 0.717) is 0 Å². The molecule has 0 radical (unpaired) electrons. The Balaban J connectivity index is 3.25. The molecule has 1 atom stereocenters. The third-order valence-corrected chi connectivity index (χ3v) is 3.10. The smallest absolute Gasteiger partial charge is 0.422 e. The number of nitrogens with zero attached hydrogens (tertiary/aromatic N) is 2. The Morgan fingerprint density at radius 3 is 2.15 bits per heavy atom. The average molecular weight is 384 g/mol. The summed E-state index contributed by atoms with van der Waals surface area (Å²) in [6.45, 7) is 6.53. The second-order valence-electron chi connectivity index (χ2n) is 6.55. The lowest BCUT2D eigenvalue weighted by Gasteiger charge is -2.22. The molecule has 0 aromatic heterocycles. The van der Waals surface area contributed by atoms with Crippen LogP contribution in [0.1, 0.15) is 32.3 Å². The molecule has 0 spiro atoms. The van der Waals surface area contributed by atoms with Crippen LogP contribution in [0.25, 0.3) is 5.53 Å². The van der Waals surface area contributed by atoms with Gasteiger partial charge in [0.05, 0.1) is 0 Å². The maximum Gasteiger partial charge on any atom is 0.422 e. The number of alkyl halides is 3. The van der Waals surface area contributed by atoms with Crippen LogP contribution in [0.4, 0.5) is 13.2 Å². The van der Waals surface area contributed by atoms with Crippen molar-refractivity contribution in [2.24, 2.45) is 0 Å². The van der Waals surface area contributed by atoms with Gasteiger partial charge in [-0.05, 0) is 26.3 Å². The lowest BCUT2D eigenvalue weighted by Crippen LogP contribution is -2.33. The van der Waals surface area contributed by atoms with Gasteiger partial charge in [-0.2, -0.15) is 18.0 Å². The van der Waals surface area contributed by atoms with Gasteiger partial charge >= 0.3 is 23.8 Å². The highest BCUT2D eigenvalue weighted by Gasteiger charge is 2.41. The molecule has 0 aliphatic carbocycles. The van der Waals surface area contributed by atoms with Crippen LogP contribution in [0.15, 0.2) is 42.5 Å². The Morgan fingerprint density at radius 1 is 1.15 bits per heavy atom. The number of hydrogen-bond donors (Lipinski definition) is 0. The van der Waals surface area contributed by atoms with E-state index in [1.165, 1.54) is 12.1 Å². The molecule has 0 unspecified atom stereocenters. The third kappa shape index (κ3) is 7.07. The molecule has 0 aliphatic heterocycles. The second kappa shape index (κ2) is 8.64. The molecule has 9 heteroatoms. The summed E-state index contributed by atoms with van der Waals surface area (Å²) in [4.78, 5) is 27.2. The van der Waals surface area contributed by atoms with Gasteiger partial charge in [0.2, 0.25) is 0 Å². The van der Waals surface area contributed by atoms with Gasteiger partial charge in [-0.3, -0.25) is 0 Å². The summed E-state index contributed by atoms with van der Waals surface area (Å²) in [6, 6.07) is 7.76. The maximum atomic E-state index is 12.3. The fourth-order valence-electron chi connectivity index (χ4n) is 2.07. The number of esters is 2. The van der Waals surface area contributed by atoms with Crippen molar-refractivity contribution in [2.75, 3.05) is 6.61 Å². The van der Waals surface area contributed by atoms with Crippen molar-refractivity contribution in [1.82, 2.24) is 0 Å². The highest BCUT2D eigenvalue weighted by Crippen LogP contribution is 2.27. The summed E-state index contributed by atoms with van der Waals surface area (Å²) in [5, 5.41) is 0. The lowest BCUT2D eigenvalue weighted by molar-refractivity contribution is -0.183.